The number of ether oxygens (including phenoxy) is 1. The minimum atomic E-state index is 0.454. The lowest BCUT2D eigenvalue weighted by atomic mass is 9.89. The van der Waals surface area contributed by atoms with Crippen LogP contribution in [0.3, 0.4) is 0 Å². The molecule has 1 aromatic rings. The standard InChI is InChI=1S/C18H28N2O/c1-3-5-20-18(15-8-13-7-14(13)9-15)16-10-17(12-19-11-16)21-6-4-2/h10-15,18,20H,3-9H2,1-2H3. The van der Waals surface area contributed by atoms with Crippen LogP contribution >= 0.6 is 0 Å². The summed E-state index contributed by atoms with van der Waals surface area (Å²) in [6.07, 6.45) is 10.3. The normalized spacial score (nSPS) is 28.2. The summed E-state index contributed by atoms with van der Waals surface area (Å²) in [5.41, 5.74) is 1.31. The van der Waals surface area contributed by atoms with Crippen molar-refractivity contribution in [2.24, 2.45) is 17.8 Å². The Hall–Kier alpha value is -1.09. The Kier molecular flexibility index (Phi) is 4.79. The maximum absolute atomic E-state index is 5.75. The lowest BCUT2D eigenvalue weighted by Gasteiger charge is -2.26. The van der Waals surface area contributed by atoms with Crippen LogP contribution in [-0.4, -0.2) is 18.1 Å². The molecule has 1 aromatic heterocycles. The zero-order valence-electron chi connectivity index (χ0n) is 13.3. The lowest BCUT2D eigenvalue weighted by Crippen LogP contribution is -2.28. The highest BCUT2D eigenvalue weighted by atomic mass is 16.5. The number of rotatable bonds is 8. The number of aromatic nitrogens is 1. The fourth-order valence-electron chi connectivity index (χ4n) is 3.79. The second kappa shape index (κ2) is 6.78. The molecule has 2 aliphatic carbocycles. The Morgan fingerprint density at radius 3 is 2.71 bits per heavy atom. The van der Waals surface area contributed by atoms with Gasteiger partial charge in [0.05, 0.1) is 12.8 Å². The molecule has 0 saturated heterocycles. The van der Waals surface area contributed by atoms with Crippen LogP contribution in [0.2, 0.25) is 0 Å². The molecule has 1 heterocycles. The minimum absolute atomic E-state index is 0.454. The van der Waals surface area contributed by atoms with Gasteiger partial charge in [0.15, 0.2) is 0 Å². The van der Waals surface area contributed by atoms with Crippen LogP contribution in [0.15, 0.2) is 18.5 Å². The van der Waals surface area contributed by atoms with Crippen molar-refractivity contribution in [3.63, 3.8) is 0 Å². The summed E-state index contributed by atoms with van der Waals surface area (Å²) in [6, 6.07) is 2.65. The van der Waals surface area contributed by atoms with E-state index in [-0.39, 0.29) is 0 Å². The van der Waals surface area contributed by atoms with E-state index in [2.05, 4.69) is 30.2 Å². The molecule has 0 radical (unpaired) electrons. The smallest absolute Gasteiger partial charge is 0.137 e. The Balaban J connectivity index is 1.71. The van der Waals surface area contributed by atoms with E-state index >= 15 is 0 Å². The van der Waals surface area contributed by atoms with Crippen molar-refractivity contribution in [2.75, 3.05) is 13.2 Å². The fourth-order valence-corrected chi connectivity index (χ4v) is 3.79. The van der Waals surface area contributed by atoms with Crippen molar-refractivity contribution < 1.29 is 4.74 Å². The second-order valence-electron chi connectivity index (χ2n) is 6.72. The maximum atomic E-state index is 5.75. The van der Waals surface area contributed by atoms with E-state index in [9.17, 15) is 0 Å². The van der Waals surface area contributed by atoms with Gasteiger partial charge in [-0.2, -0.15) is 0 Å². The Labute approximate surface area is 128 Å². The van der Waals surface area contributed by atoms with Crippen LogP contribution in [0.4, 0.5) is 0 Å². The highest BCUT2D eigenvalue weighted by molar-refractivity contribution is 5.27. The molecule has 2 fully saturated rings. The van der Waals surface area contributed by atoms with Gasteiger partial charge in [0.2, 0.25) is 0 Å². The summed E-state index contributed by atoms with van der Waals surface area (Å²) in [6.45, 7) is 6.21. The maximum Gasteiger partial charge on any atom is 0.137 e. The van der Waals surface area contributed by atoms with E-state index in [1.807, 2.05) is 12.4 Å². The largest absolute Gasteiger partial charge is 0.492 e. The summed E-state index contributed by atoms with van der Waals surface area (Å²) in [4.78, 5) is 4.40. The van der Waals surface area contributed by atoms with E-state index in [0.29, 0.717) is 6.04 Å². The molecular formula is C18H28N2O. The van der Waals surface area contributed by atoms with Crippen molar-refractivity contribution in [1.29, 1.82) is 0 Å². The van der Waals surface area contributed by atoms with E-state index < -0.39 is 0 Å². The highest BCUT2D eigenvalue weighted by Crippen LogP contribution is 2.57. The van der Waals surface area contributed by atoms with Gasteiger partial charge in [0, 0.05) is 12.2 Å². The molecule has 0 amide bonds. The number of pyridine rings is 1. The van der Waals surface area contributed by atoms with E-state index in [0.717, 1.165) is 43.1 Å². The molecule has 1 N–H and O–H groups in total. The average Bonchev–Trinajstić information content (AvgIpc) is 3.12. The third-order valence-corrected chi connectivity index (χ3v) is 4.93. The van der Waals surface area contributed by atoms with Crippen LogP contribution in [0.25, 0.3) is 0 Å². The molecule has 3 heteroatoms. The first-order valence-electron chi connectivity index (χ1n) is 8.63. The number of fused-ring (bicyclic) bond motifs is 1. The van der Waals surface area contributed by atoms with Gasteiger partial charge in [0.25, 0.3) is 0 Å². The summed E-state index contributed by atoms with van der Waals surface area (Å²) < 4.78 is 5.75. The number of hydrogen-bond donors (Lipinski definition) is 1. The van der Waals surface area contributed by atoms with Gasteiger partial charge in [-0.05, 0) is 68.0 Å². The number of nitrogens with zero attached hydrogens (tertiary/aromatic N) is 1. The Bertz CT molecular complexity index is 452. The van der Waals surface area contributed by atoms with E-state index in [4.69, 9.17) is 4.74 Å². The van der Waals surface area contributed by atoms with Gasteiger partial charge < -0.3 is 10.1 Å². The van der Waals surface area contributed by atoms with Crippen LogP contribution in [0.5, 0.6) is 5.75 Å². The number of hydrogen-bond acceptors (Lipinski definition) is 3. The summed E-state index contributed by atoms with van der Waals surface area (Å²) in [5.74, 6) is 3.74. The second-order valence-corrected chi connectivity index (χ2v) is 6.72. The number of nitrogens with one attached hydrogen (secondary N) is 1. The SMILES string of the molecule is CCCNC(c1cncc(OCCC)c1)C1CC2CC2C1. The van der Waals surface area contributed by atoms with Crippen LogP contribution < -0.4 is 10.1 Å². The third kappa shape index (κ3) is 3.57. The molecule has 3 unspecified atom stereocenters. The van der Waals surface area contributed by atoms with E-state index in [1.54, 1.807) is 0 Å². The first-order valence-corrected chi connectivity index (χ1v) is 8.63. The topological polar surface area (TPSA) is 34.2 Å². The van der Waals surface area contributed by atoms with Crippen molar-refractivity contribution in [1.82, 2.24) is 10.3 Å². The van der Waals surface area contributed by atoms with E-state index in [1.165, 1.54) is 31.2 Å². The summed E-state index contributed by atoms with van der Waals surface area (Å²) in [5, 5.41) is 3.76. The molecule has 21 heavy (non-hydrogen) atoms. The van der Waals surface area contributed by atoms with Crippen molar-refractivity contribution in [3.8, 4) is 5.75 Å². The zero-order chi connectivity index (χ0) is 14.7. The van der Waals surface area contributed by atoms with Gasteiger partial charge >= 0.3 is 0 Å². The average molecular weight is 288 g/mol. The fraction of sp³-hybridized carbons (Fsp3) is 0.722. The lowest BCUT2D eigenvalue weighted by molar-refractivity contribution is 0.311. The molecule has 3 nitrogen and oxygen atoms in total. The molecular weight excluding hydrogens is 260 g/mol. The van der Waals surface area contributed by atoms with Gasteiger partial charge in [-0.1, -0.05) is 13.8 Å². The molecule has 2 saturated carbocycles. The molecule has 116 valence electrons. The predicted molar refractivity (Wildman–Crippen MR) is 85.4 cm³/mol. The van der Waals surface area contributed by atoms with Gasteiger partial charge in [0.1, 0.15) is 5.75 Å². The summed E-state index contributed by atoms with van der Waals surface area (Å²) in [7, 11) is 0. The first kappa shape index (κ1) is 14.8. The first-order chi connectivity index (χ1) is 10.3. The monoisotopic (exact) mass is 288 g/mol. The molecule has 0 spiro atoms. The summed E-state index contributed by atoms with van der Waals surface area (Å²) >= 11 is 0. The highest BCUT2D eigenvalue weighted by Gasteiger charge is 2.48. The van der Waals surface area contributed by atoms with Gasteiger partial charge in [-0.15, -0.1) is 0 Å². The van der Waals surface area contributed by atoms with Crippen LogP contribution in [0, 0.1) is 17.8 Å². The molecule has 0 aromatic carbocycles. The zero-order valence-corrected chi connectivity index (χ0v) is 13.3. The van der Waals surface area contributed by atoms with Crippen molar-refractivity contribution in [2.45, 2.75) is 52.0 Å². The Morgan fingerprint density at radius 1 is 1.19 bits per heavy atom. The minimum Gasteiger partial charge on any atom is -0.492 e. The quantitative estimate of drug-likeness (QED) is 0.786. The molecule has 0 aliphatic heterocycles. The Morgan fingerprint density at radius 2 is 2.00 bits per heavy atom. The molecule has 3 rings (SSSR count). The van der Waals surface area contributed by atoms with Crippen molar-refractivity contribution >= 4 is 0 Å². The van der Waals surface area contributed by atoms with Crippen molar-refractivity contribution in [3.05, 3.63) is 24.0 Å². The van der Waals surface area contributed by atoms with Gasteiger partial charge in [-0.3, -0.25) is 4.98 Å². The third-order valence-electron chi connectivity index (χ3n) is 4.93. The van der Waals surface area contributed by atoms with Gasteiger partial charge in [-0.25, -0.2) is 0 Å². The van der Waals surface area contributed by atoms with Crippen LogP contribution in [0.1, 0.15) is 57.6 Å². The predicted octanol–water partition coefficient (Wildman–Crippen LogP) is 3.96. The molecule has 3 atom stereocenters. The van der Waals surface area contributed by atoms with Crippen LogP contribution in [-0.2, 0) is 0 Å². The molecule has 2 aliphatic rings. The molecule has 0 bridgehead atoms.